The van der Waals surface area contributed by atoms with Crippen LogP contribution in [0.1, 0.15) is 37.6 Å². The van der Waals surface area contributed by atoms with E-state index in [2.05, 4.69) is 10.0 Å². The molecule has 1 amide bonds. The van der Waals surface area contributed by atoms with E-state index in [4.69, 9.17) is 5.73 Å². The molecule has 1 aromatic carbocycles. The number of rotatable bonds is 6. The van der Waals surface area contributed by atoms with Gasteiger partial charge in [-0.2, -0.15) is 0 Å². The van der Waals surface area contributed by atoms with Gasteiger partial charge in [-0.05, 0) is 58.0 Å². The predicted octanol–water partition coefficient (Wildman–Crippen LogP) is 1.26. The van der Waals surface area contributed by atoms with Crippen LogP contribution >= 0.6 is 12.4 Å². The third-order valence-corrected chi connectivity index (χ3v) is 4.31. The molecule has 8 heteroatoms. The standard InChI is InChI=1S/C14H23N3O3S.ClH/c1-14(2,3)17-21(19,20)12-7-5-11(6-8-12)13(18)16-10-4-9-15;/h5-8,17H,4,9-10,15H2,1-3H3,(H,16,18);1H. The molecule has 0 bridgehead atoms. The molecule has 0 fully saturated rings. The fourth-order valence-electron chi connectivity index (χ4n) is 1.65. The van der Waals surface area contributed by atoms with Crippen LogP contribution in [0, 0.1) is 0 Å². The lowest BCUT2D eigenvalue weighted by atomic mass is 10.1. The minimum Gasteiger partial charge on any atom is -0.352 e. The van der Waals surface area contributed by atoms with Crippen molar-refractivity contribution in [1.82, 2.24) is 10.0 Å². The number of nitrogens with two attached hydrogens (primary N) is 1. The van der Waals surface area contributed by atoms with Gasteiger partial charge in [0.25, 0.3) is 5.91 Å². The van der Waals surface area contributed by atoms with Gasteiger partial charge in [0, 0.05) is 17.6 Å². The quantitative estimate of drug-likeness (QED) is 0.673. The van der Waals surface area contributed by atoms with Gasteiger partial charge in [-0.25, -0.2) is 13.1 Å². The molecule has 0 aliphatic heterocycles. The Hall–Kier alpha value is -1.15. The zero-order chi connectivity index (χ0) is 16.1. The van der Waals surface area contributed by atoms with Crippen LogP contribution < -0.4 is 15.8 Å². The summed E-state index contributed by atoms with van der Waals surface area (Å²) in [4.78, 5) is 11.9. The molecule has 0 saturated carbocycles. The van der Waals surface area contributed by atoms with Crippen LogP contribution in [0.25, 0.3) is 0 Å². The molecule has 1 aromatic rings. The van der Waals surface area contributed by atoms with Gasteiger partial charge in [0.05, 0.1) is 4.90 Å². The lowest BCUT2D eigenvalue weighted by Crippen LogP contribution is -2.40. The predicted molar refractivity (Wildman–Crippen MR) is 89.8 cm³/mol. The van der Waals surface area contributed by atoms with E-state index in [9.17, 15) is 13.2 Å². The first-order valence-corrected chi connectivity index (χ1v) is 8.26. The number of nitrogens with one attached hydrogen (secondary N) is 2. The fourth-order valence-corrected chi connectivity index (χ4v) is 3.07. The first kappa shape index (κ1) is 20.9. The Morgan fingerprint density at radius 1 is 1.18 bits per heavy atom. The highest BCUT2D eigenvalue weighted by Crippen LogP contribution is 2.13. The molecule has 0 saturated heterocycles. The van der Waals surface area contributed by atoms with E-state index in [1.54, 1.807) is 20.8 Å². The second-order valence-corrected chi connectivity index (χ2v) is 7.46. The van der Waals surface area contributed by atoms with E-state index >= 15 is 0 Å². The fraction of sp³-hybridized carbons (Fsp3) is 0.500. The first-order valence-electron chi connectivity index (χ1n) is 6.78. The Kier molecular flexibility index (Phi) is 8.03. The third kappa shape index (κ3) is 6.74. The third-order valence-electron chi connectivity index (χ3n) is 2.53. The minimum absolute atomic E-state index is 0. The van der Waals surface area contributed by atoms with Crippen LogP contribution in [-0.4, -0.2) is 33.0 Å². The maximum absolute atomic E-state index is 12.1. The SMILES string of the molecule is CC(C)(C)NS(=O)(=O)c1ccc(C(=O)NCCCN)cc1.Cl. The molecule has 0 aliphatic rings. The number of sulfonamides is 1. The van der Waals surface area contributed by atoms with Gasteiger partial charge >= 0.3 is 0 Å². The van der Waals surface area contributed by atoms with Crippen molar-refractivity contribution in [2.45, 2.75) is 37.6 Å². The molecule has 0 heterocycles. The minimum atomic E-state index is -3.58. The van der Waals surface area contributed by atoms with E-state index in [1.807, 2.05) is 0 Å². The van der Waals surface area contributed by atoms with Crippen LogP contribution in [0.2, 0.25) is 0 Å². The summed E-state index contributed by atoms with van der Waals surface area (Å²) in [5.41, 5.74) is 5.21. The zero-order valence-electron chi connectivity index (χ0n) is 13.0. The van der Waals surface area contributed by atoms with E-state index in [1.165, 1.54) is 24.3 Å². The summed E-state index contributed by atoms with van der Waals surface area (Å²) in [6.07, 6.45) is 0.702. The highest BCUT2D eigenvalue weighted by Gasteiger charge is 2.22. The summed E-state index contributed by atoms with van der Waals surface area (Å²) in [6, 6.07) is 5.84. The normalized spacial score (nSPS) is 11.6. The molecule has 6 nitrogen and oxygen atoms in total. The topological polar surface area (TPSA) is 101 Å². The summed E-state index contributed by atoms with van der Waals surface area (Å²) in [7, 11) is -3.58. The van der Waals surface area contributed by atoms with Gasteiger partial charge in [-0.3, -0.25) is 4.79 Å². The van der Waals surface area contributed by atoms with Gasteiger partial charge in [0.1, 0.15) is 0 Å². The maximum Gasteiger partial charge on any atom is 0.251 e. The molecule has 1 rings (SSSR count). The van der Waals surface area contributed by atoms with Crippen molar-refractivity contribution < 1.29 is 13.2 Å². The first-order chi connectivity index (χ1) is 9.65. The number of carbonyl (C=O) groups is 1. The largest absolute Gasteiger partial charge is 0.352 e. The van der Waals surface area contributed by atoms with Crippen LogP contribution in [0.3, 0.4) is 0 Å². The molecule has 0 unspecified atom stereocenters. The lowest BCUT2D eigenvalue weighted by Gasteiger charge is -2.20. The van der Waals surface area contributed by atoms with Gasteiger partial charge in [0.15, 0.2) is 0 Å². The molecule has 0 spiro atoms. The Labute approximate surface area is 138 Å². The smallest absolute Gasteiger partial charge is 0.251 e. The van der Waals surface area contributed by atoms with Crippen molar-refractivity contribution in [3.63, 3.8) is 0 Å². The Morgan fingerprint density at radius 3 is 2.18 bits per heavy atom. The van der Waals surface area contributed by atoms with E-state index in [-0.39, 0.29) is 23.2 Å². The van der Waals surface area contributed by atoms with Crippen molar-refractivity contribution in [2.75, 3.05) is 13.1 Å². The molecule has 0 aliphatic carbocycles. The summed E-state index contributed by atoms with van der Waals surface area (Å²) in [5.74, 6) is -0.240. The maximum atomic E-state index is 12.1. The number of halogens is 1. The highest BCUT2D eigenvalue weighted by molar-refractivity contribution is 7.89. The van der Waals surface area contributed by atoms with E-state index in [0.29, 0.717) is 25.1 Å². The van der Waals surface area contributed by atoms with E-state index < -0.39 is 15.6 Å². The van der Waals surface area contributed by atoms with Crippen molar-refractivity contribution >= 4 is 28.3 Å². The zero-order valence-corrected chi connectivity index (χ0v) is 14.7. The molecule has 0 atom stereocenters. The molecule has 4 N–H and O–H groups in total. The molecule has 0 aromatic heterocycles. The molecule has 0 radical (unpaired) electrons. The summed E-state index contributed by atoms with van der Waals surface area (Å²) >= 11 is 0. The summed E-state index contributed by atoms with van der Waals surface area (Å²) in [6.45, 7) is 6.31. The summed E-state index contributed by atoms with van der Waals surface area (Å²) < 4.78 is 26.8. The number of benzene rings is 1. The van der Waals surface area contributed by atoms with Gasteiger partial charge < -0.3 is 11.1 Å². The van der Waals surface area contributed by atoms with Gasteiger partial charge in [0.2, 0.25) is 10.0 Å². The molecule has 126 valence electrons. The number of amides is 1. The average molecular weight is 350 g/mol. The van der Waals surface area contributed by atoms with Crippen molar-refractivity contribution in [3.05, 3.63) is 29.8 Å². The van der Waals surface area contributed by atoms with E-state index in [0.717, 1.165) is 0 Å². The van der Waals surface area contributed by atoms with Crippen LogP contribution in [0.15, 0.2) is 29.2 Å². The van der Waals surface area contributed by atoms with Crippen molar-refractivity contribution in [2.24, 2.45) is 5.73 Å². The number of hydrogen-bond acceptors (Lipinski definition) is 4. The number of carbonyl (C=O) groups excluding carboxylic acids is 1. The van der Waals surface area contributed by atoms with Crippen molar-refractivity contribution in [1.29, 1.82) is 0 Å². The van der Waals surface area contributed by atoms with Crippen LogP contribution in [0.4, 0.5) is 0 Å². The second kappa shape index (κ2) is 8.47. The van der Waals surface area contributed by atoms with Gasteiger partial charge in [-0.1, -0.05) is 0 Å². The van der Waals surface area contributed by atoms with Crippen LogP contribution in [-0.2, 0) is 10.0 Å². The lowest BCUT2D eigenvalue weighted by molar-refractivity contribution is 0.0953. The Morgan fingerprint density at radius 2 is 1.73 bits per heavy atom. The Balaban J connectivity index is 0.00000441. The van der Waals surface area contributed by atoms with Crippen molar-refractivity contribution in [3.8, 4) is 0 Å². The van der Waals surface area contributed by atoms with Gasteiger partial charge in [-0.15, -0.1) is 12.4 Å². The molecular formula is C14H24ClN3O3S. The summed E-state index contributed by atoms with van der Waals surface area (Å²) in [5, 5.41) is 2.71. The molecule has 22 heavy (non-hydrogen) atoms. The number of hydrogen-bond donors (Lipinski definition) is 3. The second-order valence-electron chi connectivity index (χ2n) is 5.78. The highest BCUT2D eigenvalue weighted by atomic mass is 35.5. The average Bonchev–Trinajstić information content (AvgIpc) is 2.36. The molecular weight excluding hydrogens is 326 g/mol. The van der Waals surface area contributed by atoms with Crippen LogP contribution in [0.5, 0.6) is 0 Å². The monoisotopic (exact) mass is 349 g/mol. The Bertz CT molecular complexity index is 580.